The van der Waals surface area contributed by atoms with Crippen LogP contribution in [0, 0.1) is 0 Å². The van der Waals surface area contributed by atoms with Gasteiger partial charge in [-0.2, -0.15) is 0 Å². The number of aliphatic imine (C=N–C) groups is 1. The lowest BCUT2D eigenvalue weighted by atomic mass is 10.0. The van der Waals surface area contributed by atoms with Gasteiger partial charge in [0.05, 0.1) is 5.69 Å². The molecule has 3 nitrogen and oxygen atoms in total. The van der Waals surface area contributed by atoms with Gasteiger partial charge < -0.3 is 4.42 Å². The van der Waals surface area contributed by atoms with Gasteiger partial charge in [0.2, 0.25) is 0 Å². The van der Waals surface area contributed by atoms with Gasteiger partial charge in [-0.1, -0.05) is 72.1 Å². The molecule has 27 heavy (non-hydrogen) atoms. The molecule has 1 aliphatic heterocycles. The Kier molecular flexibility index (Phi) is 4.26. The summed E-state index contributed by atoms with van der Waals surface area (Å²) < 4.78 is 6.49. The second-order valence-corrected chi connectivity index (χ2v) is 8.52. The molecule has 0 fully saturated rings. The highest BCUT2D eigenvalue weighted by molar-refractivity contribution is 8.38. The van der Waals surface area contributed by atoms with Crippen LogP contribution in [0.1, 0.15) is 11.1 Å². The average Bonchev–Trinajstić information content (AvgIpc) is 2.71. The number of hydrogen-bond acceptors (Lipinski definition) is 5. The van der Waals surface area contributed by atoms with E-state index in [0.29, 0.717) is 11.3 Å². The molecule has 0 bridgehead atoms. The van der Waals surface area contributed by atoms with Crippen LogP contribution in [0.25, 0.3) is 21.7 Å². The third kappa shape index (κ3) is 3.17. The topological polar surface area (TPSA) is 42.6 Å². The lowest BCUT2D eigenvalue weighted by Gasteiger charge is -2.14. The number of benzene rings is 3. The van der Waals surface area contributed by atoms with Gasteiger partial charge >= 0.3 is 5.63 Å². The third-order valence-corrected chi connectivity index (χ3v) is 6.91. The second kappa shape index (κ2) is 6.91. The molecule has 4 aromatic rings. The van der Waals surface area contributed by atoms with Gasteiger partial charge in [-0.15, -0.1) is 0 Å². The van der Waals surface area contributed by atoms with Crippen LogP contribution in [0.15, 0.2) is 80.9 Å². The Hall–Kier alpha value is -2.50. The Morgan fingerprint density at radius 2 is 1.89 bits per heavy atom. The summed E-state index contributed by atoms with van der Waals surface area (Å²) in [6, 6.07) is 21.9. The minimum absolute atomic E-state index is 0.308. The van der Waals surface area contributed by atoms with E-state index in [0.717, 1.165) is 37.5 Å². The van der Waals surface area contributed by atoms with E-state index in [1.165, 1.54) is 5.56 Å². The monoisotopic (exact) mass is 389 g/mol. The highest BCUT2D eigenvalue weighted by Crippen LogP contribution is 2.36. The van der Waals surface area contributed by atoms with E-state index in [9.17, 15) is 4.79 Å². The molecule has 0 spiro atoms. The fourth-order valence-corrected chi connectivity index (χ4v) is 5.40. The Balaban J connectivity index is 1.55. The van der Waals surface area contributed by atoms with Crippen molar-refractivity contribution in [3.8, 4) is 0 Å². The molecule has 5 rings (SSSR count). The predicted octanol–water partition coefficient (Wildman–Crippen LogP) is 6.11. The van der Waals surface area contributed by atoms with Gasteiger partial charge in [-0.3, -0.25) is 0 Å². The lowest BCUT2D eigenvalue weighted by molar-refractivity contribution is 0.560. The molecule has 3 aromatic carbocycles. The molecule has 1 aliphatic rings. The maximum atomic E-state index is 12.0. The van der Waals surface area contributed by atoms with Gasteiger partial charge in [0, 0.05) is 23.0 Å². The molecule has 2 heterocycles. The summed E-state index contributed by atoms with van der Waals surface area (Å²) in [7, 11) is 0. The summed E-state index contributed by atoms with van der Waals surface area (Å²) in [5.41, 5.74) is 3.63. The molecule has 5 heteroatoms. The molecular weight excluding hydrogens is 374 g/mol. The van der Waals surface area contributed by atoms with Crippen LogP contribution >= 0.6 is 23.5 Å². The molecule has 0 N–H and O–H groups in total. The molecule has 0 aliphatic carbocycles. The zero-order valence-electron chi connectivity index (χ0n) is 14.3. The van der Waals surface area contributed by atoms with Crippen molar-refractivity contribution in [2.75, 3.05) is 0 Å². The van der Waals surface area contributed by atoms with Gasteiger partial charge in [0.15, 0.2) is 0 Å². The second-order valence-electron chi connectivity index (χ2n) is 6.33. The zero-order chi connectivity index (χ0) is 18.2. The van der Waals surface area contributed by atoms with Gasteiger partial charge in [-0.25, -0.2) is 9.79 Å². The van der Waals surface area contributed by atoms with Crippen molar-refractivity contribution < 1.29 is 4.42 Å². The highest BCUT2D eigenvalue weighted by Gasteiger charge is 2.15. The molecule has 0 saturated heterocycles. The van der Waals surface area contributed by atoms with Crippen LogP contribution in [0.3, 0.4) is 0 Å². The Morgan fingerprint density at radius 1 is 1.04 bits per heavy atom. The summed E-state index contributed by atoms with van der Waals surface area (Å²) in [5.74, 6) is 1.62. The molecule has 0 amide bonds. The largest absolute Gasteiger partial charge is 0.423 e. The maximum absolute atomic E-state index is 12.0. The van der Waals surface area contributed by atoms with Crippen molar-refractivity contribution in [3.05, 3.63) is 88.3 Å². The number of nitrogens with zero attached hydrogens (tertiary/aromatic N) is 1. The van der Waals surface area contributed by atoms with Crippen LogP contribution in [-0.2, 0) is 11.5 Å². The SMILES string of the molecule is O=c1cc(CSC2=Nc3ccccc3CS2)c2c(ccc3ccccc32)o1. The first-order chi connectivity index (χ1) is 13.3. The molecule has 0 saturated carbocycles. The summed E-state index contributed by atoms with van der Waals surface area (Å²) in [4.78, 5) is 16.8. The first kappa shape index (κ1) is 16.7. The van der Waals surface area contributed by atoms with Crippen LogP contribution < -0.4 is 5.63 Å². The summed E-state index contributed by atoms with van der Waals surface area (Å²) in [6.07, 6.45) is 0. The highest BCUT2D eigenvalue weighted by atomic mass is 32.2. The van der Waals surface area contributed by atoms with Crippen molar-refractivity contribution in [1.82, 2.24) is 0 Å². The summed E-state index contributed by atoms with van der Waals surface area (Å²) >= 11 is 3.43. The quantitative estimate of drug-likeness (QED) is 0.306. The number of thioether (sulfide) groups is 2. The summed E-state index contributed by atoms with van der Waals surface area (Å²) in [6.45, 7) is 0. The Bertz CT molecular complexity index is 1260. The van der Waals surface area contributed by atoms with Crippen molar-refractivity contribution in [2.24, 2.45) is 4.99 Å². The fourth-order valence-electron chi connectivity index (χ4n) is 3.36. The minimum atomic E-state index is -0.308. The Labute approximate surface area is 164 Å². The maximum Gasteiger partial charge on any atom is 0.336 e. The smallest absolute Gasteiger partial charge is 0.336 e. The van der Waals surface area contributed by atoms with E-state index in [1.54, 1.807) is 29.6 Å². The van der Waals surface area contributed by atoms with E-state index in [-0.39, 0.29) is 5.63 Å². The first-order valence-electron chi connectivity index (χ1n) is 8.65. The fraction of sp³-hybridized carbons (Fsp3) is 0.0909. The summed E-state index contributed by atoms with van der Waals surface area (Å²) in [5, 5.41) is 3.27. The average molecular weight is 390 g/mol. The Morgan fingerprint density at radius 3 is 2.85 bits per heavy atom. The molecule has 1 aromatic heterocycles. The normalized spacial score (nSPS) is 13.6. The lowest BCUT2D eigenvalue weighted by Crippen LogP contribution is -2.02. The van der Waals surface area contributed by atoms with Crippen LogP contribution in [0.4, 0.5) is 5.69 Å². The zero-order valence-corrected chi connectivity index (χ0v) is 16.0. The van der Waals surface area contributed by atoms with Crippen molar-refractivity contribution >= 4 is 55.3 Å². The molecule has 132 valence electrons. The first-order valence-corrected chi connectivity index (χ1v) is 10.6. The van der Waals surface area contributed by atoms with E-state index < -0.39 is 0 Å². The van der Waals surface area contributed by atoms with Crippen molar-refractivity contribution in [1.29, 1.82) is 0 Å². The third-order valence-electron chi connectivity index (χ3n) is 4.62. The van der Waals surface area contributed by atoms with E-state index in [4.69, 9.17) is 9.41 Å². The van der Waals surface area contributed by atoms with E-state index in [2.05, 4.69) is 24.3 Å². The predicted molar refractivity (Wildman–Crippen MR) is 116 cm³/mol. The van der Waals surface area contributed by atoms with Crippen molar-refractivity contribution in [2.45, 2.75) is 11.5 Å². The van der Waals surface area contributed by atoms with Crippen molar-refractivity contribution in [3.63, 3.8) is 0 Å². The van der Waals surface area contributed by atoms with Crippen LogP contribution in [-0.4, -0.2) is 4.38 Å². The molecule has 0 atom stereocenters. The molecular formula is C22H15NO2S2. The van der Waals surface area contributed by atoms with Gasteiger partial charge in [0.25, 0.3) is 0 Å². The van der Waals surface area contributed by atoms with E-state index >= 15 is 0 Å². The van der Waals surface area contributed by atoms with E-state index in [1.807, 2.05) is 36.4 Å². The number of fused-ring (bicyclic) bond motifs is 4. The number of hydrogen-bond donors (Lipinski definition) is 0. The number of para-hydroxylation sites is 1. The number of rotatable bonds is 2. The van der Waals surface area contributed by atoms with Gasteiger partial charge in [-0.05, 0) is 34.0 Å². The molecule has 0 radical (unpaired) electrons. The van der Waals surface area contributed by atoms with Gasteiger partial charge in [0.1, 0.15) is 9.96 Å². The standard InChI is InChI=1S/C22H15NO2S2/c24-20-11-16(13-27-22-23-18-8-4-2-6-15(18)12-26-22)21-17-7-3-1-5-14(17)9-10-19(21)25-20/h1-11H,12-13H2. The molecule has 0 unspecified atom stereocenters. The van der Waals surface area contributed by atoms with Crippen LogP contribution in [0.2, 0.25) is 0 Å². The van der Waals surface area contributed by atoms with Crippen LogP contribution in [0.5, 0.6) is 0 Å². The minimum Gasteiger partial charge on any atom is -0.423 e.